The number of benzene rings is 1. The zero-order chi connectivity index (χ0) is 17.6. The molecule has 130 valence electrons. The summed E-state index contributed by atoms with van der Waals surface area (Å²) in [4.78, 5) is 18.2. The molecule has 1 amide bonds. The molecular formula is C19H20ClN3O2. The topological polar surface area (TPSA) is 62.1 Å². The van der Waals surface area contributed by atoms with E-state index in [-0.39, 0.29) is 17.2 Å². The number of nitrogens with zero attached hydrogens (tertiary/aromatic N) is 2. The Morgan fingerprint density at radius 2 is 2.24 bits per heavy atom. The van der Waals surface area contributed by atoms with Crippen molar-refractivity contribution in [2.75, 3.05) is 6.54 Å². The highest BCUT2D eigenvalue weighted by molar-refractivity contribution is 6.29. The predicted octanol–water partition coefficient (Wildman–Crippen LogP) is 4.20. The lowest BCUT2D eigenvalue weighted by Crippen LogP contribution is -2.38. The molecule has 0 saturated carbocycles. The van der Waals surface area contributed by atoms with Crippen molar-refractivity contribution in [3.8, 4) is 0 Å². The number of carbonyl (C=O) groups is 1. The normalized spacial score (nSPS) is 17.1. The zero-order valence-corrected chi connectivity index (χ0v) is 15.1. The highest BCUT2D eigenvalue weighted by atomic mass is 35.5. The Kier molecular flexibility index (Phi) is 4.04. The molecule has 3 aromatic rings. The SMILES string of the molecule is Cc1noc(Cl)c1CCC(=O)N1CCc2c([nH]c3ccccc23)C1C. The van der Waals surface area contributed by atoms with Crippen molar-refractivity contribution in [3.05, 3.63) is 52.0 Å². The molecule has 0 aliphatic carbocycles. The Bertz CT molecular complexity index is 924. The fraction of sp³-hybridized carbons (Fsp3) is 0.368. The van der Waals surface area contributed by atoms with Gasteiger partial charge in [-0.25, -0.2) is 0 Å². The highest BCUT2D eigenvalue weighted by Gasteiger charge is 2.30. The molecule has 5 nitrogen and oxygen atoms in total. The summed E-state index contributed by atoms with van der Waals surface area (Å²) in [6.07, 6.45) is 1.83. The molecule has 1 aliphatic rings. The quantitative estimate of drug-likeness (QED) is 0.764. The molecular weight excluding hydrogens is 338 g/mol. The number of amides is 1. The average Bonchev–Trinajstić information content (AvgIpc) is 3.14. The number of carbonyl (C=O) groups excluding carboxylic acids is 1. The van der Waals surface area contributed by atoms with Gasteiger partial charge in [0.15, 0.2) is 0 Å². The molecule has 6 heteroatoms. The standard InChI is InChI=1S/C19H20ClN3O2/c1-11-13(19(20)25-22-11)7-8-17(24)23-10-9-15-14-5-3-4-6-16(14)21-18(15)12(23)2/h3-6,12,21H,7-10H2,1-2H3. The van der Waals surface area contributed by atoms with E-state index in [9.17, 15) is 4.79 Å². The maximum atomic E-state index is 12.8. The van der Waals surface area contributed by atoms with Gasteiger partial charge >= 0.3 is 0 Å². The van der Waals surface area contributed by atoms with Crippen molar-refractivity contribution < 1.29 is 9.32 Å². The van der Waals surface area contributed by atoms with Crippen LogP contribution in [-0.2, 0) is 17.6 Å². The van der Waals surface area contributed by atoms with Gasteiger partial charge in [0, 0.05) is 35.1 Å². The molecule has 1 atom stereocenters. The van der Waals surface area contributed by atoms with Crippen LogP contribution in [0.4, 0.5) is 0 Å². The van der Waals surface area contributed by atoms with Crippen LogP contribution in [0.5, 0.6) is 0 Å². The van der Waals surface area contributed by atoms with Gasteiger partial charge < -0.3 is 14.4 Å². The van der Waals surface area contributed by atoms with E-state index in [0.717, 1.165) is 35.4 Å². The lowest BCUT2D eigenvalue weighted by molar-refractivity contribution is -0.133. The first-order valence-electron chi connectivity index (χ1n) is 8.56. The fourth-order valence-corrected chi connectivity index (χ4v) is 4.05. The molecule has 4 rings (SSSR count). The van der Waals surface area contributed by atoms with Crippen molar-refractivity contribution in [1.29, 1.82) is 0 Å². The summed E-state index contributed by atoms with van der Waals surface area (Å²) in [7, 11) is 0. The Morgan fingerprint density at radius 1 is 1.44 bits per heavy atom. The van der Waals surface area contributed by atoms with E-state index in [1.165, 1.54) is 10.9 Å². The van der Waals surface area contributed by atoms with Crippen LogP contribution in [0, 0.1) is 6.92 Å². The van der Waals surface area contributed by atoms with Gasteiger partial charge in [-0.1, -0.05) is 23.4 Å². The van der Waals surface area contributed by atoms with E-state index in [0.29, 0.717) is 12.8 Å². The molecule has 1 aromatic carbocycles. The van der Waals surface area contributed by atoms with Gasteiger partial charge in [-0.15, -0.1) is 0 Å². The minimum atomic E-state index is 0.0442. The summed E-state index contributed by atoms with van der Waals surface area (Å²) < 4.78 is 4.96. The predicted molar refractivity (Wildman–Crippen MR) is 96.7 cm³/mol. The number of aryl methyl sites for hydroxylation is 1. The number of aromatic amines is 1. The Hall–Kier alpha value is -2.27. The van der Waals surface area contributed by atoms with Crippen LogP contribution in [0.3, 0.4) is 0 Å². The zero-order valence-electron chi connectivity index (χ0n) is 14.3. The molecule has 25 heavy (non-hydrogen) atoms. The second-order valence-electron chi connectivity index (χ2n) is 6.60. The molecule has 2 aromatic heterocycles. The molecule has 0 saturated heterocycles. The van der Waals surface area contributed by atoms with E-state index >= 15 is 0 Å². The number of H-pyrrole nitrogens is 1. The molecule has 0 spiro atoms. The third-order valence-corrected chi connectivity index (χ3v) is 5.48. The first-order valence-corrected chi connectivity index (χ1v) is 8.93. The number of para-hydroxylation sites is 1. The summed E-state index contributed by atoms with van der Waals surface area (Å²) in [6.45, 7) is 4.67. The average molecular weight is 358 g/mol. The summed E-state index contributed by atoms with van der Waals surface area (Å²) in [5, 5.41) is 5.39. The van der Waals surface area contributed by atoms with Crippen molar-refractivity contribution in [2.24, 2.45) is 0 Å². The van der Waals surface area contributed by atoms with Crippen LogP contribution < -0.4 is 0 Å². The second kappa shape index (κ2) is 6.23. The number of aromatic nitrogens is 2. The molecule has 1 aliphatic heterocycles. The molecule has 1 unspecified atom stereocenters. The van der Waals surface area contributed by atoms with Gasteiger partial charge in [-0.05, 0) is 49.9 Å². The minimum absolute atomic E-state index is 0.0442. The van der Waals surface area contributed by atoms with Crippen molar-refractivity contribution in [2.45, 2.75) is 39.2 Å². The number of rotatable bonds is 3. The largest absolute Gasteiger partial charge is 0.356 e. The molecule has 3 heterocycles. The van der Waals surface area contributed by atoms with Gasteiger partial charge in [-0.3, -0.25) is 4.79 Å². The van der Waals surface area contributed by atoms with Gasteiger partial charge in [0.25, 0.3) is 0 Å². The van der Waals surface area contributed by atoms with Crippen LogP contribution >= 0.6 is 11.6 Å². The van der Waals surface area contributed by atoms with E-state index in [1.807, 2.05) is 17.9 Å². The van der Waals surface area contributed by atoms with Crippen LogP contribution in [0.15, 0.2) is 28.8 Å². The Balaban J connectivity index is 1.53. The van der Waals surface area contributed by atoms with E-state index < -0.39 is 0 Å². The lowest BCUT2D eigenvalue weighted by Gasteiger charge is -2.33. The first kappa shape index (κ1) is 16.2. The van der Waals surface area contributed by atoms with Crippen molar-refractivity contribution in [3.63, 3.8) is 0 Å². The highest BCUT2D eigenvalue weighted by Crippen LogP contribution is 2.34. The van der Waals surface area contributed by atoms with Crippen LogP contribution in [0.25, 0.3) is 10.9 Å². The smallest absolute Gasteiger partial charge is 0.229 e. The van der Waals surface area contributed by atoms with Gasteiger partial charge in [0.1, 0.15) is 0 Å². The van der Waals surface area contributed by atoms with Gasteiger partial charge in [-0.2, -0.15) is 0 Å². The Labute approximate surface area is 150 Å². The van der Waals surface area contributed by atoms with E-state index in [4.69, 9.17) is 16.1 Å². The monoisotopic (exact) mass is 357 g/mol. The van der Waals surface area contributed by atoms with E-state index in [1.54, 1.807) is 0 Å². The second-order valence-corrected chi connectivity index (χ2v) is 6.94. The molecule has 1 N–H and O–H groups in total. The van der Waals surface area contributed by atoms with Crippen molar-refractivity contribution in [1.82, 2.24) is 15.0 Å². The third-order valence-electron chi connectivity index (χ3n) is 5.18. The van der Waals surface area contributed by atoms with E-state index in [2.05, 4.69) is 35.3 Å². The molecule has 0 bridgehead atoms. The van der Waals surface area contributed by atoms with Crippen molar-refractivity contribution >= 4 is 28.4 Å². The minimum Gasteiger partial charge on any atom is -0.356 e. The summed E-state index contributed by atoms with van der Waals surface area (Å²) in [5.41, 5.74) is 5.21. The maximum Gasteiger partial charge on any atom is 0.229 e. The molecule has 0 radical (unpaired) electrons. The summed E-state index contributed by atoms with van der Waals surface area (Å²) >= 11 is 6.00. The van der Waals surface area contributed by atoms with Crippen LogP contribution in [-0.4, -0.2) is 27.5 Å². The van der Waals surface area contributed by atoms with Gasteiger partial charge in [0.05, 0.1) is 11.7 Å². The first-order chi connectivity index (χ1) is 12.1. The van der Waals surface area contributed by atoms with Gasteiger partial charge in [0.2, 0.25) is 11.1 Å². The fourth-order valence-electron chi connectivity index (χ4n) is 3.78. The lowest BCUT2D eigenvalue weighted by atomic mass is 9.97. The summed E-state index contributed by atoms with van der Waals surface area (Å²) in [6, 6.07) is 8.36. The van der Waals surface area contributed by atoms with Crippen LogP contribution in [0.2, 0.25) is 5.22 Å². The number of nitrogens with one attached hydrogen (secondary N) is 1. The Morgan fingerprint density at radius 3 is 3.00 bits per heavy atom. The number of fused-ring (bicyclic) bond motifs is 3. The summed E-state index contributed by atoms with van der Waals surface area (Å²) in [5.74, 6) is 0.133. The maximum absolute atomic E-state index is 12.8. The third kappa shape index (κ3) is 2.72. The number of hydrogen-bond donors (Lipinski definition) is 1. The number of hydrogen-bond acceptors (Lipinski definition) is 3. The van der Waals surface area contributed by atoms with Crippen LogP contribution in [0.1, 0.15) is 41.9 Å². The molecule has 0 fully saturated rings. The number of halogens is 1.